The summed E-state index contributed by atoms with van der Waals surface area (Å²) >= 11 is 0. The van der Waals surface area contributed by atoms with Crippen LogP contribution in [0.2, 0.25) is 13.1 Å². The molecule has 1 N–H and O–H groups in total. The number of nitrogens with one attached hydrogen (secondary N) is 1. The zero-order chi connectivity index (χ0) is 15.1. The van der Waals surface area contributed by atoms with Crippen molar-refractivity contribution in [2.24, 2.45) is 17.8 Å². The maximum atomic E-state index is 10.7. The molecule has 6 heteroatoms. The summed E-state index contributed by atoms with van der Waals surface area (Å²) < 4.78 is 0. The predicted molar refractivity (Wildman–Crippen MR) is 87.9 cm³/mol. The summed E-state index contributed by atoms with van der Waals surface area (Å²) in [5.74, 6) is 1.20. The second-order valence-corrected chi connectivity index (χ2v) is 7.37. The molecule has 3 rings (SSSR count). The van der Waals surface area contributed by atoms with Gasteiger partial charge < -0.3 is 35.3 Å². The van der Waals surface area contributed by atoms with Crippen LogP contribution in [0.1, 0.15) is 46.0 Å². The number of rotatable bonds is 1. The minimum Gasteiger partial charge on any atom is -1.00 e. The van der Waals surface area contributed by atoms with Crippen molar-refractivity contribution in [3.8, 4) is 0 Å². The molecule has 0 heterocycles. The molecule has 1 radical (unpaired) electrons. The Hall–Kier alpha value is 0.461. The van der Waals surface area contributed by atoms with Gasteiger partial charge in [-0.05, 0) is 31.1 Å². The van der Waals surface area contributed by atoms with Crippen molar-refractivity contribution < 1.29 is 51.3 Å². The first-order valence-corrected chi connectivity index (χ1v) is 10.0. The summed E-state index contributed by atoms with van der Waals surface area (Å²) in [6.45, 7) is 8.68. The topological polar surface area (TPSA) is 40.9 Å². The van der Waals surface area contributed by atoms with Gasteiger partial charge in [0.25, 0.3) is 0 Å². The van der Waals surface area contributed by atoms with Crippen molar-refractivity contribution in [2.75, 3.05) is 0 Å². The van der Waals surface area contributed by atoms with Crippen molar-refractivity contribution in [3.63, 3.8) is 0 Å². The standard InChI is InChI=1S/C8H13NO.C7H9.C2H7Si.2ClH.Ti/c9-8(10)7-4-5-1-2-6(7)3-5;1-6-4-3-5-7(6)2;1-3-2;;;/h5-7H,1-4H2,(H2,9,10);4H,5H2,1-2H3;3H,1-2H3;2*1H;/q;-1;;;;+4/p-3. The van der Waals surface area contributed by atoms with E-state index < -0.39 is 0 Å². The van der Waals surface area contributed by atoms with Gasteiger partial charge in [-0.15, -0.1) is 13.3 Å². The van der Waals surface area contributed by atoms with Gasteiger partial charge in [0.05, 0.1) is 5.91 Å². The van der Waals surface area contributed by atoms with Crippen LogP contribution < -0.4 is 24.8 Å². The van der Waals surface area contributed by atoms with Crippen LogP contribution in [-0.2, 0) is 26.5 Å². The molecule has 3 unspecified atom stereocenters. The Balaban J connectivity index is -0.000000277. The van der Waals surface area contributed by atoms with Gasteiger partial charge in [0.1, 0.15) is 0 Å². The number of fused-ring (bicyclic) bond motifs is 2. The number of carbonyl (C=O) groups is 1. The van der Waals surface area contributed by atoms with E-state index in [1.165, 1.54) is 30.4 Å². The molecule has 0 aromatic heterocycles. The van der Waals surface area contributed by atoms with E-state index in [1.807, 2.05) is 0 Å². The second kappa shape index (κ2) is 14.8. The normalized spacial score (nSPS) is 25.8. The van der Waals surface area contributed by atoms with Gasteiger partial charge >= 0.3 is 21.7 Å². The Morgan fingerprint density at radius 2 is 1.78 bits per heavy atom. The molecule has 1 amide bonds. The monoisotopic (exact) mass is 408 g/mol. The molecule has 2 fully saturated rings. The van der Waals surface area contributed by atoms with Gasteiger partial charge in [0.15, 0.2) is 0 Å². The van der Waals surface area contributed by atoms with Crippen molar-refractivity contribution in [1.29, 1.82) is 0 Å². The third-order valence-electron chi connectivity index (χ3n) is 4.43. The molecule has 3 atom stereocenters. The summed E-state index contributed by atoms with van der Waals surface area (Å²) in [6.07, 6.45) is 11.0. The fourth-order valence-corrected chi connectivity index (χ4v) is 3.19. The molecule has 0 spiro atoms. The molecular weight excluding hydrogens is 381 g/mol. The van der Waals surface area contributed by atoms with Crippen LogP contribution in [0.5, 0.6) is 0 Å². The van der Waals surface area contributed by atoms with Gasteiger partial charge in [-0.25, -0.2) is 11.6 Å². The molecular formula is C17H28Cl2NOSiTi. The number of halogens is 2. The van der Waals surface area contributed by atoms with Gasteiger partial charge in [-0.1, -0.05) is 26.4 Å². The van der Waals surface area contributed by atoms with Crippen LogP contribution in [0.15, 0.2) is 17.2 Å². The van der Waals surface area contributed by atoms with Crippen LogP contribution in [-0.4, -0.2) is 15.4 Å². The number of carbonyl (C=O) groups excluding carboxylic acids is 1. The molecule has 2 nitrogen and oxygen atoms in total. The zero-order valence-electron chi connectivity index (χ0n) is 14.6. The second-order valence-electron chi connectivity index (χ2n) is 6.21. The van der Waals surface area contributed by atoms with E-state index in [1.54, 1.807) is 0 Å². The van der Waals surface area contributed by atoms with Gasteiger partial charge in [0, 0.05) is 15.4 Å². The van der Waals surface area contributed by atoms with Crippen LogP contribution in [0.25, 0.3) is 5.73 Å². The van der Waals surface area contributed by atoms with E-state index in [4.69, 9.17) is 5.73 Å². The van der Waals surface area contributed by atoms with Crippen LogP contribution in [0.3, 0.4) is 0 Å². The largest absolute Gasteiger partial charge is 4.00 e. The summed E-state index contributed by atoms with van der Waals surface area (Å²) in [6, 6.07) is 0. The SMILES string of the molecule is CC1=C(C)C[C-]=C1.C[SiH]C.[Cl-].[Cl-].[NH-]C(=O)C1CC2CCC1C2.[Ti+4]. The Morgan fingerprint density at radius 3 is 1.96 bits per heavy atom. The molecule has 23 heavy (non-hydrogen) atoms. The van der Waals surface area contributed by atoms with Crippen LogP contribution in [0.4, 0.5) is 0 Å². The molecule has 0 aromatic rings. The van der Waals surface area contributed by atoms with Crippen molar-refractivity contribution in [1.82, 2.24) is 0 Å². The maximum absolute atomic E-state index is 10.7. The fraction of sp³-hybridized carbons (Fsp3) is 0.706. The number of hydrogen-bond acceptors (Lipinski definition) is 1. The number of amides is 1. The maximum Gasteiger partial charge on any atom is 4.00 e. The van der Waals surface area contributed by atoms with Crippen molar-refractivity contribution in [2.45, 2.75) is 59.0 Å². The predicted octanol–water partition coefficient (Wildman–Crippen LogP) is -1.39. The summed E-state index contributed by atoms with van der Waals surface area (Å²) in [5, 5.41) is 0. The van der Waals surface area contributed by atoms with E-state index >= 15 is 0 Å². The molecule has 2 saturated carbocycles. The number of allylic oxidation sites excluding steroid dienone is 4. The van der Waals surface area contributed by atoms with Gasteiger partial charge in [-0.2, -0.15) is 5.57 Å². The third-order valence-corrected chi connectivity index (χ3v) is 4.43. The first-order chi connectivity index (χ1) is 9.49. The quantitative estimate of drug-likeness (QED) is 0.389. The zero-order valence-corrected chi connectivity index (χ0v) is 18.8. The average molecular weight is 409 g/mol. The molecule has 2 bridgehead atoms. The molecule has 0 aliphatic heterocycles. The Labute approximate surface area is 172 Å². The van der Waals surface area contributed by atoms with E-state index in [0.29, 0.717) is 5.92 Å². The molecule has 129 valence electrons. The van der Waals surface area contributed by atoms with Crippen molar-refractivity contribution >= 4 is 15.4 Å². The van der Waals surface area contributed by atoms with E-state index in [2.05, 4.69) is 39.1 Å². The minimum absolute atomic E-state index is 0. The Bertz CT molecular complexity index is 402. The minimum atomic E-state index is -0.313. The molecule has 0 aromatic carbocycles. The van der Waals surface area contributed by atoms with E-state index in [0.717, 1.165) is 28.3 Å². The average Bonchev–Trinajstić information content (AvgIpc) is 3.09. The molecule has 3 aliphatic rings. The summed E-state index contributed by atoms with van der Waals surface area (Å²) in [7, 11) is 0.750. The van der Waals surface area contributed by atoms with Crippen LogP contribution >= 0.6 is 0 Å². The van der Waals surface area contributed by atoms with Gasteiger partial charge in [0.2, 0.25) is 0 Å². The molecule has 3 aliphatic carbocycles. The smallest absolute Gasteiger partial charge is 1.00 e. The Kier molecular flexibility index (Phi) is 18.2. The Morgan fingerprint density at radius 1 is 1.22 bits per heavy atom. The van der Waals surface area contributed by atoms with Crippen molar-refractivity contribution in [3.05, 3.63) is 29.0 Å². The first kappa shape index (κ1) is 28.3. The summed E-state index contributed by atoms with van der Waals surface area (Å²) in [4.78, 5) is 10.7. The van der Waals surface area contributed by atoms with Crippen LogP contribution in [0, 0.1) is 23.8 Å². The third kappa shape index (κ3) is 9.50. The fourth-order valence-electron chi connectivity index (χ4n) is 3.19. The molecule has 0 saturated heterocycles. The van der Waals surface area contributed by atoms with Gasteiger partial charge in [-0.3, -0.25) is 6.08 Å². The number of hydrogen-bond donors (Lipinski definition) is 0. The van der Waals surface area contributed by atoms with E-state index in [9.17, 15) is 4.79 Å². The first-order valence-electron chi connectivity index (χ1n) is 7.71. The summed E-state index contributed by atoms with van der Waals surface area (Å²) in [5.41, 5.74) is 9.84. The van der Waals surface area contributed by atoms with E-state index in [-0.39, 0.29) is 58.4 Å².